The van der Waals surface area contributed by atoms with E-state index in [0.29, 0.717) is 39.2 Å². The Morgan fingerprint density at radius 3 is 2.69 bits per heavy atom. The fourth-order valence-corrected chi connectivity index (χ4v) is 4.28. The molecule has 36 heavy (non-hydrogen) atoms. The van der Waals surface area contributed by atoms with E-state index < -0.39 is 24.4 Å². The molecule has 4 heterocycles. The predicted octanol–water partition coefficient (Wildman–Crippen LogP) is 4.21. The first-order valence-electron chi connectivity index (χ1n) is 11.1. The molecule has 186 valence electrons. The number of pyridine rings is 2. The van der Waals surface area contributed by atoms with Crippen LogP contribution in [0.1, 0.15) is 11.3 Å². The van der Waals surface area contributed by atoms with Crippen molar-refractivity contribution in [2.45, 2.75) is 26.1 Å². The van der Waals surface area contributed by atoms with Gasteiger partial charge in [-0.05, 0) is 36.1 Å². The standard InChI is InChI=1S/C24H21F4N7O/c1-13-2-4-30-9-17(13)16-6-14-7-19(31-10-18(14)23(29)22(16)25)32-20-8-15-3-5-34(12-24(26,27)28)21(36)11-35(15)33-20/h2,4,6-10H,3,5,11-12,29H2,1H3,(H,31,32,33). The van der Waals surface area contributed by atoms with Gasteiger partial charge < -0.3 is 16.0 Å². The lowest BCUT2D eigenvalue weighted by Gasteiger charge is -2.21. The molecule has 0 saturated carbocycles. The molecule has 5 rings (SSSR count). The third-order valence-electron chi connectivity index (χ3n) is 6.09. The Bertz CT molecular complexity index is 1480. The molecule has 0 radical (unpaired) electrons. The van der Waals surface area contributed by atoms with Gasteiger partial charge in [-0.1, -0.05) is 0 Å². The average molecular weight is 499 g/mol. The lowest BCUT2D eigenvalue weighted by Crippen LogP contribution is -2.40. The average Bonchev–Trinajstić information content (AvgIpc) is 3.13. The number of hydrogen-bond acceptors (Lipinski definition) is 6. The van der Waals surface area contributed by atoms with Crippen LogP contribution in [0.2, 0.25) is 0 Å². The van der Waals surface area contributed by atoms with Crippen LogP contribution < -0.4 is 11.1 Å². The molecule has 0 bridgehead atoms. The van der Waals surface area contributed by atoms with Crippen LogP contribution in [0.15, 0.2) is 42.9 Å². The third kappa shape index (κ3) is 4.53. The molecule has 0 aliphatic carbocycles. The van der Waals surface area contributed by atoms with Gasteiger partial charge in [-0.2, -0.15) is 18.3 Å². The Balaban J connectivity index is 1.42. The van der Waals surface area contributed by atoms with Crippen molar-refractivity contribution in [3.8, 4) is 11.1 Å². The lowest BCUT2D eigenvalue weighted by atomic mass is 9.98. The van der Waals surface area contributed by atoms with Crippen molar-refractivity contribution in [1.29, 1.82) is 0 Å². The zero-order valence-corrected chi connectivity index (χ0v) is 19.1. The van der Waals surface area contributed by atoms with Crippen molar-refractivity contribution in [2.24, 2.45) is 0 Å². The van der Waals surface area contributed by atoms with E-state index in [1.807, 2.05) is 6.92 Å². The molecule has 0 saturated heterocycles. The van der Waals surface area contributed by atoms with E-state index in [4.69, 9.17) is 5.73 Å². The van der Waals surface area contributed by atoms with Crippen LogP contribution in [0, 0.1) is 12.7 Å². The van der Waals surface area contributed by atoms with Gasteiger partial charge in [0.05, 0.1) is 5.69 Å². The number of fused-ring (bicyclic) bond motifs is 2. The van der Waals surface area contributed by atoms with E-state index in [0.717, 1.165) is 10.5 Å². The Morgan fingerprint density at radius 2 is 1.94 bits per heavy atom. The molecule has 3 N–H and O–H groups in total. The van der Waals surface area contributed by atoms with Crippen molar-refractivity contribution in [1.82, 2.24) is 24.6 Å². The summed E-state index contributed by atoms with van der Waals surface area (Å²) in [4.78, 5) is 21.5. The largest absolute Gasteiger partial charge is 0.406 e. The van der Waals surface area contributed by atoms with Gasteiger partial charge in [-0.25, -0.2) is 9.37 Å². The monoisotopic (exact) mass is 499 g/mol. The van der Waals surface area contributed by atoms with Gasteiger partial charge in [0, 0.05) is 59.8 Å². The molecule has 1 aromatic carbocycles. The number of nitrogens with one attached hydrogen (secondary N) is 1. The van der Waals surface area contributed by atoms with Crippen LogP contribution in [-0.4, -0.2) is 49.8 Å². The van der Waals surface area contributed by atoms with Crippen molar-refractivity contribution in [3.05, 3.63) is 59.9 Å². The Morgan fingerprint density at radius 1 is 1.14 bits per heavy atom. The topological polar surface area (TPSA) is 102 Å². The highest BCUT2D eigenvalue weighted by Gasteiger charge is 2.34. The zero-order valence-electron chi connectivity index (χ0n) is 19.1. The number of carbonyl (C=O) groups excluding carboxylic acids is 1. The highest BCUT2D eigenvalue weighted by molar-refractivity contribution is 5.98. The van der Waals surface area contributed by atoms with Gasteiger partial charge in [0.25, 0.3) is 0 Å². The van der Waals surface area contributed by atoms with Crippen LogP contribution in [0.25, 0.3) is 21.9 Å². The summed E-state index contributed by atoms with van der Waals surface area (Å²) in [5, 5.41) is 8.45. The quantitative estimate of drug-likeness (QED) is 0.322. The maximum absolute atomic E-state index is 15.1. The molecule has 0 fully saturated rings. The van der Waals surface area contributed by atoms with E-state index in [1.54, 1.807) is 36.7 Å². The van der Waals surface area contributed by atoms with Gasteiger partial charge in [-0.15, -0.1) is 0 Å². The number of halogens is 4. The number of aromatic nitrogens is 4. The lowest BCUT2D eigenvalue weighted by molar-refractivity contribution is -0.161. The molecule has 3 aromatic heterocycles. The summed E-state index contributed by atoms with van der Waals surface area (Å²) in [7, 11) is 0. The summed E-state index contributed by atoms with van der Waals surface area (Å²) < 4.78 is 54.7. The molecular weight excluding hydrogens is 478 g/mol. The highest BCUT2D eigenvalue weighted by atomic mass is 19.4. The van der Waals surface area contributed by atoms with Crippen molar-refractivity contribution < 1.29 is 22.4 Å². The molecule has 12 heteroatoms. The number of aryl methyl sites for hydroxylation is 1. The number of rotatable bonds is 4. The second-order valence-corrected chi connectivity index (χ2v) is 8.62. The number of carbonyl (C=O) groups is 1. The summed E-state index contributed by atoms with van der Waals surface area (Å²) in [5.41, 5.74) is 8.46. The van der Waals surface area contributed by atoms with Crippen molar-refractivity contribution in [2.75, 3.05) is 24.1 Å². The van der Waals surface area contributed by atoms with Crippen LogP contribution in [-0.2, 0) is 17.8 Å². The fraction of sp³-hybridized carbons (Fsp3) is 0.250. The van der Waals surface area contributed by atoms with Crippen LogP contribution in [0.4, 0.5) is 34.9 Å². The van der Waals surface area contributed by atoms with Gasteiger partial charge in [0.15, 0.2) is 11.6 Å². The number of alkyl halides is 3. The Labute approximate surface area is 202 Å². The number of nitrogens with two attached hydrogens (primary N) is 1. The number of anilines is 3. The van der Waals surface area contributed by atoms with Gasteiger partial charge in [0.1, 0.15) is 18.9 Å². The number of nitrogen functional groups attached to an aromatic ring is 1. The smallest absolute Gasteiger partial charge is 0.396 e. The minimum Gasteiger partial charge on any atom is -0.396 e. The molecule has 4 aromatic rings. The number of hydrogen-bond donors (Lipinski definition) is 2. The zero-order chi connectivity index (χ0) is 25.6. The summed E-state index contributed by atoms with van der Waals surface area (Å²) >= 11 is 0. The van der Waals surface area contributed by atoms with E-state index in [9.17, 15) is 18.0 Å². The second kappa shape index (κ2) is 8.77. The highest BCUT2D eigenvalue weighted by Crippen LogP contribution is 2.35. The Hall–Kier alpha value is -4.22. The molecule has 0 spiro atoms. The minimum absolute atomic E-state index is 0.0274. The molecule has 0 atom stereocenters. The summed E-state index contributed by atoms with van der Waals surface area (Å²) in [5.74, 6) is -0.420. The number of amides is 1. The predicted molar refractivity (Wildman–Crippen MR) is 126 cm³/mol. The number of benzene rings is 1. The molecular formula is C24H21F4N7O. The molecule has 1 amide bonds. The molecule has 0 unspecified atom stereocenters. The first kappa shape index (κ1) is 23.5. The van der Waals surface area contributed by atoms with Crippen LogP contribution in [0.5, 0.6) is 0 Å². The SMILES string of the molecule is Cc1ccncc1-c1cc2cc(Nc3cc4n(n3)CC(=O)N(CC(F)(F)F)CC4)ncc2c(N)c1F. The van der Waals surface area contributed by atoms with Gasteiger partial charge in [0.2, 0.25) is 5.91 Å². The third-order valence-corrected chi connectivity index (χ3v) is 6.09. The Kier molecular flexibility index (Phi) is 5.73. The number of nitrogens with zero attached hydrogens (tertiary/aromatic N) is 5. The molecule has 8 nitrogen and oxygen atoms in total. The van der Waals surface area contributed by atoms with Crippen molar-refractivity contribution >= 4 is 34.0 Å². The maximum atomic E-state index is 15.1. The first-order chi connectivity index (χ1) is 17.1. The summed E-state index contributed by atoms with van der Waals surface area (Å²) in [6, 6.07) is 6.82. The summed E-state index contributed by atoms with van der Waals surface area (Å²) in [6.07, 6.45) is 0.426. The van der Waals surface area contributed by atoms with E-state index in [1.165, 1.54) is 10.9 Å². The van der Waals surface area contributed by atoms with Crippen LogP contribution >= 0.6 is 0 Å². The van der Waals surface area contributed by atoms with E-state index >= 15 is 4.39 Å². The minimum atomic E-state index is -4.46. The van der Waals surface area contributed by atoms with E-state index in [-0.39, 0.29) is 25.2 Å². The van der Waals surface area contributed by atoms with E-state index in [2.05, 4.69) is 20.4 Å². The fourth-order valence-electron chi connectivity index (χ4n) is 4.28. The summed E-state index contributed by atoms with van der Waals surface area (Å²) in [6.45, 7) is 0.222. The van der Waals surface area contributed by atoms with Gasteiger partial charge >= 0.3 is 6.18 Å². The first-order valence-corrected chi connectivity index (χ1v) is 11.1. The molecule has 1 aliphatic rings. The van der Waals surface area contributed by atoms with Gasteiger partial charge in [-0.3, -0.25) is 14.5 Å². The molecule has 1 aliphatic heterocycles. The van der Waals surface area contributed by atoms with Crippen LogP contribution in [0.3, 0.4) is 0 Å². The van der Waals surface area contributed by atoms with Crippen molar-refractivity contribution in [3.63, 3.8) is 0 Å². The maximum Gasteiger partial charge on any atom is 0.406 e. The second-order valence-electron chi connectivity index (χ2n) is 8.62. The normalized spacial score (nSPS) is 14.1.